The van der Waals surface area contributed by atoms with Gasteiger partial charge in [-0.05, 0) is 94.8 Å². The normalized spacial score (nSPS) is 13.6. The number of aliphatic hydroxyl groups excluding tert-OH is 1. The van der Waals surface area contributed by atoms with Gasteiger partial charge in [-0.1, -0.05) is 98.8 Å². The Bertz CT molecular complexity index is 3100. The van der Waals surface area contributed by atoms with E-state index in [0.29, 0.717) is 11.5 Å². The van der Waals surface area contributed by atoms with Crippen molar-refractivity contribution in [1.82, 2.24) is 0 Å². The van der Waals surface area contributed by atoms with Crippen LogP contribution in [0.25, 0.3) is 83.5 Å². The molecule has 0 radical (unpaired) electrons. The maximum atomic E-state index is 12.3. The minimum absolute atomic E-state index is 0.117. The number of fused-ring (bicyclic) bond motifs is 8. The highest BCUT2D eigenvalue weighted by Gasteiger charge is 2.24. The van der Waals surface area contributed by atoms with Gasteiger partial charge in [0.05, 0.1) is 12.5 Å². The number of esters is 1. The first kappa shape index (κ1) is 36.7. The Hall–Kier alpha value is -6.57. The fraction of sp³-hybridized carbons (Fsp3) is 0.212. The Kier molecular flexibility index (Phi) is 9.54. The average molecular weight is 781 g/mol. The second-order valence-corrected chi connectivity index (χ2v) is 15.6. The molecular formula is C52H44O7. The number of ether oxygens (including phenoxy) is 3. The van der Waals surface area contributed by atoms with Crippen LogP contribution < -0.4 is 20.1 Å². The van der Waals surface area contributed by atoms with E-state index in [2.05, 4.69) is 97.1 Å². The topological polar surface area (TPSA) is 91.3 Å². The van der Waals surface area contributed by atoms with Crippen LogP contribution in [0, 0.1) is 5.92 Å². The van der Waals surface area contributed by atoms with E-state index in [-0.39, 0.29) is 38.3 Å². The summed E-state index contributed by atoms with van der Waals surface area (Å²) in [5.41, 5.74) is 9.92. The van der Waals surface area contributed by atoms with Crippen molar-refractivity contribution in [2.75, 3.05) is 26.4 Å². The van der Waals surface area contributed by atoms with Crippen LogP contribution in [0.1, 0.15) is 50.0 Å². The molecule has 0 saturated carbocycles. The zero-order valence-corrected chi connectivity index (χ0v) is 33.2. The number of hydrogen-bond acceptors (Lipinski definition) is 7. The van der Waals surface area contributed by atoms with Gasteiger partial charge in [0.25, 0.3) is 0 Å². The zero-order chi connectivity index (χ0) is 40.0. The SMILES string of the molecule is CC(C)C(=O)OCCOc1ccc2cc(C3=CCCc4c3oc3ccccc43)ccc2c1-c1c(OCCO)ccc2cc(-c3cccc4c5c(oc34)=CCCC=5)ccc12. The van der Waals surface area contributed by atoms with Gasteiger partial charge in [-0.2, -0.15) is 0 Å². The summed E-state index contributed by atoms with van der Waals surface area (Å²) in [4.78, 5) is 12.3. The summed E-state index contributed by atoms with van der Waals surface area (Å²) in [6.07, 6.45) is 10.6. The third-order valence-corrected chi connectivity index (χ3v) is 11.6. The zero-order valence-electron chi connectivity index (χ0n) is 33.2. The number of rotatable bonds is 11. The number of furan rings is 2. The molecule has 59 heavy (non-hydrogen) atoms. The number of benzene rings is 6. The van der Waals surface area contributed by atoms with Crippen molar-refractivity contribution in [1.29, 1.82) is 0 Å². The van der Waals surface area contributed by atoms with Gasteiger partial charge < -0.3 is 28.2 Å². The second kappa shape index (κ2) is 15.3. The van der Waals surface area contributed by atoms with Crippen LogP contribution in [0.15, 0.2) is 118 Å². The van der Waals surface area contributed by atoms with Gasteiger partial charge in [0.15, 0.2) is 0 Å². The molecule has 10 rings (SSSR count). The van der Waals surface area contributed by atoms with E-state index in [4.69, 9.17) is 23.0 Å². The van der Waals surface area contributed by atoms with Gasteiger partial charge >= 0.3 is 5.97 Å². The van der Waals surface area contributed by atoms with Crippen molar-refractivity contribution in [2.24, 2.45) is 5.92 Å². The molecule has 2 aliphatic carbocycles. The van der Waals surface area contributed by atoms with Crippen molar-refractivity contribution < 1.29 is 32.9 Å². The third kappa shape index (κ3) is 6.56. The van der Waals surface area contributed by atoms with Crippen LogP contribution >= 0.6 is 0 Å². The lowest BCUT2D eigenvalue weighted by molar-refractivity contribution is -0.148. The number of carbonyl (C=O) groups excluding carboxylic acids is 1. The van der Waals surface area contributed by atoms with Crippen LogP contribution in [-0.2, 0) is 16.0 Å². The van der Waals surface area contributed by atoms with E-state index in [0.717, 1.165) is 108 Å². The lowest BCUT2D eigenvalue weighted by atomic mass is 9.88. The Morgan fingerprint density at radius 1 is 0.678 bits per heavy atom. The van der Waals surface area contributed by atoms with Crippen LogP contribution in [0.2, 0.25) is 0 Å². The maximum absolute atomic E-state index is 12.3. The van der Waals surface area contributed by atoms with Crippen molar-refractivity contribution in [2.45, 2.75) is 39.5 Å². The van der Waals surface area contributed by atoms with E-state index < -0.39 is 0 Å². The van der Waals surface area contributed by atoms with Crippen LogP contribution in [-0.4, -0.2) is 37.5 Å². The van der Waals surface area contributed by atoms with E-state index in [1.165, 1.54) is 16.2 Å². The first-order valence-electron chi connectivity index (χ1n) is 20.6. The summed E-state index contributed by atoms with van der Waals surface area (Å²) in [6, 6.07) is 35.7. The van der Waals surface area contributed by atoms with Gasteiger partial charge in [0, 0.05) is 43.8 Å². The molecule has 8 aromatic rings. The number of hydrogen-bond donors (Lipinski definition) is 1. The van der Waals surface area contributed by atoms with E-state index in [1.54, 1.807) is 0 Å². The number of carbonyl (C=O) groups is 1. The molecule has 294 valence electrons. The molecule has 1 N–H and O–H groups in total. The van der Waals surface area contributed by atoms with E-state index in [1.807, 2.05) is 38.1 Å². The number of allylic oxidation sites excluding steroid dienone is 1. The first-order valence-corrected chi connectivity index (χ1v) is 20.6. The molecule has 7 heteroatoms. The van der Waals surface area contributed by atoms with Crippen molar-refractivity contribution in [3.63, 3.8) is 0 Å². The van der Waals surface area contributed by atoms with Gasteiger partial charge in [-0.3, -0.25) is 4.79 Å². The summed E-state index contributed by atoms with van der Waals surface area (Å²) in [6.45, 7) is 3.91. The molecule has 0 unspecified atom stereocenters. The minimum atomic E-state index is -0.268. The van der Waals surface area contributed by atoms with Gasteiger partial charge in [-0.25, -0.2) is 0 Å². The molecule has 0 fully saturated rings. The lowest BCUT2D eigenvalue weighted by Gasteiger charge is -2.21. The predicted octanol–water partition coefficient (Wildman–Crippen LogP) is 10.5. The Labute approximate surface area is 341 Å². The average Bonchev–Trinajstić information content (AvgIpc) is 3.85. The predicted molar refractivity (Wildman–Crippen MR) is 235 cm³/mol. The van der Waals surface area contributed by atoms with Crippen molar-refractivity contribution in [3.8, 4) is 33.8 Å². The number of aliphatic hydroxyl groups is 1. The Morgan fingerprint density at radius 2 is 1.39 bits per heavy atom. The summed E-state index contributed by atoms with van der Waals surface area (Å²) in [5, 5.41) is 17.3. The highest BCUT2D eigenvalue weighted by atomic mass is 16.6. The first-order chi connectivity index (χ1) is 29.0. The molecule has 6 aromatic carbocycles. The molecular weight excluding hydrogens is 737 g/mol. The number of aryl methyl sites for hydroxylation is 1. The molecule has 0 atom stereocenters. The minimum Gasteiger partial charge on any atom is -0.491 e. The molecule has 2 aliphatic rings. The van der Waals surface area contributed by atoms with Crippen molar-refractivity contribution in [3.05, 3.63) is 137 Å². The summed E-state index contributed by atoms with van der Waals surface area (Å²) < 4.78 is 31.3. The second-order valence-electron chi connectivity index (χ2n) is 15.6. The summed E-state index contributed by atoms with van der Waals surface area (Å²) in [5.74, 6) is 1.69. The standard InChI is InChI=1S/C52H44O7/c1-31(2)52(54)57-28-27-56-47-24-20-33-30-35(39-12-8-14-43-41-10-4-6-16-45(41)59-51(39)43)18-22-37(33)49(47)48-36-21-17-34(29-32(36)19-23-46(48)55-26-25-53)38-11-7-13-42-40-9-3-5-15-44(40)58-50(38)42/h4,6-7,9-13,15-24,29-31,53H,3,5,8,14,25-28H2,1-2H3. The highest BCUT2D eigenvalue weighted by Crippen LogP contribution is 2.47. The van der Waals surface area contributed by atoms with Crippen molar-refractivity contribution >= 4 is 67.2 Å². The Morgan fingerprint density at radius 3 is 2.17 bits per heavy atom. The van der Waals surface area contributed by atoms with Crippen LogP contribution in [0.4, 0.5) is 0 Å². The van der Waals surface area contributed by atoms with Crippen LogP contribution in [0.3, 0.4) is 0 Å². The molecule has 2 heterocycles. The fourth-order valence-corrected chi connectivity index (χ4v) is 8.78. The molecule has 0 saturated heterocycles. The molecule has 0 amide bonds. The molecule has 2 aromatic heterocycles. The van der Waals surface area contributed by atoms with E-state index in [9.17, 15) is 9.90 Å². The monoisotopic (exact) mass is 780 g/mol. The Balaban J connectivity index is 1.13. The molecule has 7 nitrogen and oxygen atoms in total. The van der Waals surface area contributed by atoms with Gasteiger partial charge in [0.1, 0.15) is 53.7 Å². The molecule has 0 spiro atoms. The lowest BCUT2D eigenvalue weighted by Crippen LogP contribution is -2.21. The van der Waals surface area contributed by atoms with Gasteiger partial charge in [-0.15, -0.1) is 0 Å². The molecule has 0 bridgehead atoms. The number of para-hydroxylation sites is 2. The third-order valence-electron chi connectivity index (χ3n) is 11.6. The van der Waals surface area contributed by atoms with E-state index >= 15 is 0 Å². The summed E-state index contributed by atoms with van der Waals surface area (Å²) in [7, 11) is 0. The smallest absolute Gasteiger partial charge is 0.308 e. The summed E-state index contributed by atoms with van der Waals surface area (Å²) >= 11 is 0. The quantitative estimate of drug-likeness (QED) is 0.103. The maximum Gasteiger partial charge on any atom is 0.308 e. The van der Waals surface area contributed by atoms with Gasteiger partial charge in [0.2, 0.25) is 0 Å². The van der Waals surface area contributed by atoms with Crippen LogP contribution in [0.5, 0.6) is 11.5 Å². The fourth-order valence-electron chi connectivity index (χ4n) is 8.78. The molecule has 0 aliphatic heterocycles. The highest BCUT2D eigenvalue weighted by molar-refractivity contribution is 6.11. The largest absolute Gasteiger partial charge is 0.491 e.